The molecule has 13 heteroatoms. The molecule has 0 atom stereocenters. The summed E-state index contributed by atoms with van der Waals surface area (Å²) in [7, 11) is 0. The number of benzene rings is 1. The number of hydrogen-bond acceptors (Lipinski definition) is 8. The predicted molar refractivity (Wildman–Crippen MR) is 127 cm³/mol. The molecule has 3 aromatic heterocycles. The van der Waals surface area contributed by atoms with Crippen LogP contribution in [0.3, 0.4) is 0 Å². The molecule has 0 unspecified atom stereocenters. The molecule has 1 amide bonds. The van der Waals surface area contributed by atoms with Gasteiger partial charge in [-0.15, -0.1) is 0 Å². The third kappa shape index (κ3) is 4.80. The first-order valence-electron chi connectivity index (χ1n) is 10.5. The highest BCUT2D eigenvalue weighted by atomic mass is 35.5. The largest absolute Gasteiger partial charge is 0.434 e. The highest BCUT2D eigenvalue weighted by molar-refractivity contribution is 7.20. The van der Waals surface area contributed by atoms with Gasteiger partial charge >= 0.3 is 6.61 Å². The van der Waals surface area contributed by atoms with Crippen molar-refractivity contribution in [1.82, 2.24) is 19.6 Å². The lowest BCUT2D eigenvalue weighted by Crippen LogP contribution is -2.33. The topological polar surface area (TPSA) is 102 Å². The summed E-state index contributed by atoms with van der Waals surface area (Å²) in [4.78, 5) is 35.6. The van der Waals surface area contributed by atoms with Crippen molar-refractivity contribution < 1.29 is 23.1 Å². The monoisotopic (exact) mass is 518 g/mol. The number of aromatic nitrogens is 4. The van der Waals surface area contributed by atoms with E-state index in [0.29, 0.717) is 41.7 Å². The zero-order valence-corrected chi connectivity index (χ0v) is 19.5. The van der Waals surface area contributed by atoms with Crippen molar-refractivity contribution in [2.24, 2.45) is 0 Å². The maximum absolute atomic E-state index is 13.2. The van der Waals surface area contributed by atoms with Crippen LogP contribution in [0.25, 0.3) is 16.9 Å². The van der Waals surface area contributed by atoms with Crippen molar-refractivity contribution in [3.8, 4) is 17.0 Å². The van der Waals surface area contributed by atoms with Crippen LogP contribution in [0.5, 0.6) is 5.75 Å². The average Bonchev–Trinajstić information content (AvgIpc) is 3.45. The molecule has 0 bridgehead atoms. The molecule has 9 nitrogen and oxygen atoms in total. The molecule has 1 saturated heterocycles. The molecule has 0 aliphatic carbocycles. The molecule has 35 heavy (non-hydrogen) atoms. The second kappa shape index (κ2) is 9.55. The number of ether oxygens (including phenoxy) is 1. The normalized spacial score (nSPS) is 14.1. The number of nitrogens with zero attached hydrogens (tertiary/aromatic N) is 5. The zero-order chi connectivity index (χ0) is 24.5. The first kappa shape index (κ1) is 23.1. The molecular weight excluding hydrogens is 502 g/mol. The number of carbonyl (C=O) groups excluding carboxylic acids is 2. The van der Waals surface area contributed by atoms with Gasteiger partial charge in [0.25, 0.3) is 5.91 Å². The second-order valence-electron chi connectivity index (χ2n) is 7.62. The van der Waals surface area contributed by atoms with Crippen LogP contribution >= 0.6 is 22.9 Å². The van der Waals surface area contributed by atoms with Gasteiger partial charge in [-0.2, -0.15) is 13.9 Å². The number of amides is 1. The number of halogens is 3. The van der Waals surface area contributed by atoms with Crippen LogP contribution in [-0.2, 0) is 4.79 Å². The van der Waals surface area contributed by atoms with Gasteiger partial charge in [0.2, 0.25) is 0 Å². The Morgan fingerprint density at radius 3 is 2.83 bits per heavy atom. The van der Waals surface area contributed by atoms with Crippen molar-refractivity contribution in [2.45, 2.75) is 19.5 Å². The summed E-state index contributed by atoms with van der Waals surface area (Å²) < 4.78 is 32.3. The molecule has 1 N–H and O–H groups in total. The fourth-order valence-corrected chi connectivity index (χ4v) is 4.90. The highest BCUT2D eigenvalue weighted by Crippen LogP contribution is 2.43. The van der Waals surface area contributed by atoms with Gasteiger partial charge in [0, 0.05) is 48.9 Å². The summed E-state index contributed by atoms with van der Waals surface area (Å²) >= 11 is 7.32. The number of thiazole rings is 1. The Hall–Kier alpha value is -3.64. The lowest BCUT2D eigenvalue weighted by molar-refractivity contribution is -0.119. The van der Waals surface area contributed by atoms with E-state index in [1.807, 2.05) is 4.90 Å². The first-order valence-corrected chi connectivity index (χ1v) is 11.7. The van der Waals surface area contributed by atoms with Crippen molar-refractivity contribution in [2.75, 3.05) is 23.3 Å². The van der Waals surface area contributed by atoms with E-state index in [9.17, 15) is 18.4 Å². The van der Waals surface area contributed by atoms with Gasteiger partial charge in [0.15, 0.2) is 10.8 Å². The number of carbonyl (C=O) groups is 2. The summed E-state index contributed by atoms with van der Waals surface area (Å²) in [5, 5.41) is 8.06. The van der Waals surface area contributed by atoms with E-state index in [4.69, 9.17) is 16.3 Å². The van der Waals surface area contributed by atoms with E-state index in [-0.39, 0.29) is 33.4 Å². The van der Waals surface area contributed by atoms with Gasteiger partial charge < -0.3 is 15.0 Å². The molecular formula is C22H17ClF2N6O3S. The summed E-state index contributed by atoms with van der Waals surface area (Å²) in [5.74, 6) is -0.472. The molecule has 5 rings (SSSR count). The van der Waals surface area contributed by atoms with E-state index in [1.165, 1.54) is 28.9 Å². The first-order chi connectivity index (χ1) is 16.9. The van der Waals surface area contributed by atoms with Crippen molar-refractivity contribution in [1.29, 1.82) is 0 Å². The minimum Gasteiger partial charge on any atom is -0.434 e. The fraction of sp³-hybridized carbons (Fsp3) is 0.227. The maximum atomic E-state index is 13.2. The third-order valence-electron chi connectivity index (χ3n) is 5.37. The van der Waals surface area contributed by atoms with E-state index in [2.05, 4.69) is 20.4 Å². The maximum Gasteiger partial charge on any atom is 0.387 e. The van der Waals surface area contributed by atoms with Crippen LogP contribution < -0.4 is 15.0 Å². The Bertz CT molecular complexity index is 1420. The molecule has 0 spiro atoms. The number of piperidine rings is 1. The number of anilines is 2. The summed E-state index contributed by atoms with van der Waals surface area (Å²) in [6, 6.07) is 5.88. The number of fused-ring (bicyclic) bond motifs is 1. The number of Topliss-reactive ketones (excluding diaryl/α,β-unsaturated/α-hetero) is 1. The van der Waals surface area contributed by atoms with E-state index >= 15 is 0 Å². The lowest BCUT2D eigenvalue weighted by Gasteiger charge is -2.25. The Balaban J connectivity index is 1.56. The number of alkyl halides is 2. The predicted octanol–water partition coefficient (Wildman–Crippen LogP) is 4.53. The fourth-order valence-electron chi connectivity index (χ4n) is 3.70. The quantitative estimate of drug-likeness (QED) is 0.400. The van der Waals surface area contributed by atoms with Crippen LogP contribution in [0.15, 0.2) is 42.9 Å². The number of hydrogen-bond donors (Lipinski definition) is 1. The van der Waals surface area contributed by atoms with Crippen LogP contribution in [0.1, 0.15) is 23.2 Å². The van der Waals surface area contributed by atoms with E-state index < -0.39 is 12.5 Å². The molecule has 180 valence electrons. The average molecular weight is 519 g/mol. The van der Waals surface area contributed by atoms with Gasteiger partial charge in [-0.1, -0.05) is 22.9 Å². The Kier molecular flexibility index (Phi) is 6.31. The molecule has 1 aliphatic heterocycles. The highest BCUT2D eigenvalue weighted by Gasteiger charge is 2.26. The molecule has 4 heterocycles. The second-order valence-corrected chi connectivity index (χ2v) is 9.03. The summed E-state index contributed by atoms with van der Waals surface area (Å²) in [6.45, 7) is -2.13. The standard InChI is InChI=1S/C22H17ClF2N6O3S/c23-12-2-3-16(34-21(24)25)14(10-12)17-20(35-22(28-17)30-8-4-13(32)5-9-30)29-19(33)15-11-27-31-7-1-6-26-18(15)31/h1-3,6-7,10-11,21H,4-5,8-9H2,(H,29,33). The molecule has 0 radical (unpaired) electrons. The lowest BCUT2D eigenvalue weighted by atomic mass is 10.1. The minimum absolute atomic E-state index is 0.136. The van der Waals surface area contributed by atoms with Gasteiger partial charge in [0.05, 0.1) is 6.20 Å². The summed E-state index contributed by atoms with van der Waals surface area (Å²) in [6.07, 6.45) is 5.35. The smallest absolute Gasteiger partial charge is 0.387 e. The van der Waals surface area contributed by atoms with Crippen LogP contribution in [0, 0.1) is 0 Å². The SMILES string of the molecule is O=C1CCN(c2nc(-c3cc(Cl)ccc3OC(F)F)c(NC(=O)c3cnn4cccnc34)s2)CC1. The Morgan fingerprint density at radius 1 is 1.26 bits per heavy atom. The molecule has 4 aromatic rings. The third-order valence-corrected chi connectivity index (χ3v) is 6.64. The van der Waals surface area contributed by atoms with Crippen LogP contribution in [0.4, 0.5) is 18.9 Å². The number of rotatable bonds is 6. The van der Waals surface area contributed by atoms with Crippen molar-refractivity contribution >= 4 is 50.4 Å². The number of nitrogens with one attached hydrogen (secondary N) is 1. The minimum atomic E-state index is -3.07. The molecule has 1 aromatic carbocycles. The zero-order valence-electron chi connectivity index (χ0n) is 18.0. The Labute approximate surface area is 206 Å². The van der Waals surface area contributed by atoms with Crippen molar-refractivity contribution in [3.05, 3.63) is 53.4 Å². The Morgan fingerprint density at radius 2 is 2.06 bits per heavy atom. The van der Waals surface area contributed by atoms with E-state index in [1.54, 1.807) is 18.5 Å². The van der Waals surface area contributed by atoms with Gasteiger partial charge in [-0.05, 0) is 24.3 Å². The van der Waals surface area contributed by atoms with Crippen molar-refractivity contribution in [3.63, 3.8) is 0 Å². The van der Waals surface area contributed by atoms with Gasteiger partial charge in [-0.25, -0.2) is 14.5 Å². The van der Waals surface area contributed by atoms with E-state index in [0.717, 1.165) is 11.3 Å². The van der Waals surface area contributed by atoms with Crippen LogP contribution in [-0.4, -0.2) is 51.0 Å². The molecule has 1 aliphatic rings. The van der Waals surface area contributed by atoms with Crippen LogP contribution in [0.2, 0.25) is 5.02 Å². The van der Waals surface area contributed by atoms with Gasteiger partial charge in [0.1, 0.15) is 27.8 Å². The molecule has 0 saturated carbocycles. The number of ketones is 1. The summed E-state index contributed by atoms with van der Waals surface area (Å²) in [5.41, 5.74) is 1.00. The van der Waals surface area contributed by atoms with Gasteiger partial charge in [-0.3, -0.25) is 9.59 Å². The molecule has 1 fully saturated rings.